The van der Waals surface area contributed by atoms with Crippen LogP contribution >= 0.6 is 0 Å². The number of amides is 1. The van der Waals surface area contributed by atoms with Gasteiger partial charge in [0, 0.05) is 18.9 Å². The Morgan fingerprint density at radius 3 is 2.79 bits per heavy atom. The molecule has 0 bridgehead atoms. The van der Waals surface area contributed by atoms with Gasteiger partial charge in [-0.05, 0) is 24.1 Å². The van der Waals surface area contributed by atoms with Crippen LogP contribution < -0.4 is 5.32 Å². The Balaban J connectivity index is 1.76. The molecule has 1 unspecified atom stereocenters. The first kappa shape index (κ1) is 16.2. The van der Waals surface area contributed by atoms with Gasteiger partial charge < -0.3 is 5.11 Å². The van der Waals surface area contributed by atoms with Crippen molar-refractivity contribution >= 4 is 11.9 Å². The molecule has 0 saturated heterocycles. The maximum Gasteiger partial charge on any atom is 0.471 e. The normalized spacial score (nSPS) is 17.4. The Morgan fingerprint density at radius 2 is 2.12 bits per heavy atom. The Hall–Kier alpha value is -2.65. The fourth-order valence-corrected chi connectivity index (χ4v) is 2.58. The van der Waals surface area contributed by atoms with Crippen molar-refractivity contribution in [3.05, 3.63) is 35.4 Å². The Morgan fingerprint density at radius 1 is 1.38 bits per heavy atom. The number of alkyl halides is 3. The van der Waals surface area contributed by atoms with Crippen LogP contribution in [0.2, 0.25) is 0 Å². The van der Waals surface area contributed by atoms with Gasteiger partial charge in [-0.25, -0.2) is 9.07 Å². The summed E-state index contributed by atoms with van der Waals surface area (Å²) in [5.41, 5.74) is 0.646. The molecule has 10 heteroatoms. The molecule has 6 nitrogen and oxygen atoms in total. The van der Waals surface area contributed by atoms with Crippen molar-refractivity contribution in [2.45, 2.75) is 31.5 Å². The monoisotopic (exact) mass is 344 g/mol. The molecule has 1 aromatic carbocycles. The van der Waals surface area contributed by atoms with Crippen LogP contribution in [-0.4, -0.2) is 32.0 Å². The van der Waals surface area contributed by atoms with Crippen LogP contribution in [0.25, 0.3) is 0 Å². The molecule has 1 aliphatic rings. The Kier molecular flexibility index (Phi) is 3.90. The third-order valence-corrected chi connectivity index (χ3v) is 3.78. The molecular formula is C14H12F4N4O2. The number of aromatic hydroxyl groups is 1. The van der Waals surface area contributed by atoms with E-state index in [0.29, 0.717) is 24.2 Å². The summed E-state index contributed by atoms with van der Waals surface area (Å²) in [7, 11) is 0. The number of nitrogens with one attached hydrogen (secondary N) is 1. The summed E-state index contributed by atoms with van der Waals surface area (Å²) in [6, 6.07) is 4.04. The first-order valence-electron chi connectivity index (χ1n) is 7.04. The number of hydrogen-bond donors (Lipinski definition) is 2. The molecule has 128 valence electrons. The molecule has 0 radical (unpaired) electrons. The van der Waals surface area contributed by atoms with Gasteiger partial charge in [0.2, 0.25) is 5.95 Å². The number of aryl methyl sites for hydroxylation is 1. The molecule has 2 aromatic rings. The fourth-order valence-electron chi connectivity index (χ4n) is 2.58. The van der Waals surface area contributed by atoms with Crippen molar-refractivity contribution in [3.8, 4) is 5.75 Å². The van der Waals surface area contributed by atoms with Crippen molar-refractivity contribution in [1.29, 1.82) is 0 Å². The molecule has 1 aromatic heterocycles. The van der Waals surface area contributed by atoms with Gasteiger partial charge >= 0.3 is 12.1 Å². The summed E-state index contributed by atoms with van der Waals surface area (Å²) < 4.78 is 51.6. The number of carbonyl (C=O) groups is 1. The van der Waals surface area contributed by atoms with Crippen molar-refractivity contribution < 1.29 is 27.5 Å². The van der Waals surface area contributed by atoms with E-state index in [2.05, 4.69) is 10.1 Å². The fraction of sp³-hybridized carbons (Fsp3) is 0.357. The number of anilines is 1. The number of carbonyl (C=O) groups excluding carboxylic acids is 1. The number of phenols is 1. The molecule has 2 N–H and O–H groups in total. The minimum atomic E-state index is -5.02. The van der Waals surface area contributed by atoms with Gasteiger partial charge in [0.15, 0.2) is 11.6 Å². The van der Waals surface area contributed by atoms with Crippen LogP contribution in [0.1, 0.15) is 23.7 Å². The van der Waals surface area contributed by atoms with E-state index in [4.69, 9.17) is 0 Å². The lowest BCUT2D eigenvalue weighted by atomic mass is 9.91. The number of halogens is 4. The van der Waals surface area contributed by atoms with E-state index in [1.54, 1.807) is 11.4 Å². The molecule has 0 spiro atoms. The van der Waals surface area contributed by atoms with Gasteiger partial charge in [-0.15, -0.1) is 5.10 Å². The Bertz CT molecular complexity index is 788. The molecule has 24 heavy (non-hydrogen) atoms. The molecule has 1 atom stereocenters. The molecule has 1 aliphatic heterocycles. The third kappa shape index (κ3) is 3.17. The topological polar surface area (TPSA) is 80.0 Å². The van der Waals surface area contributed by atoms with Crippen LogP contribution in [-0.2, 0) is 17.8 Å². The summed E-state index contributed by atoms with van der Waals surface area (Å²) in [5.74, 6) is -3.42. The molecule has 0 saturated carbocycles. The van der Waals surface area contributed by atoms with Gasteiger partial charge in [0.05, 0.1) is 0 Å². The predicted molar refractivity (Wildman–Crippen MR) is 73.8 cm³/mol. The molecule has 1 amide bonds. The Labute approximate surface area is 133 Å². The van der Waals surface area contributed by atoms with E-state index in [1.165, 1.54) is 16.8 Å². The molecule has 0 aliphatic carbocycles. The van der Waals surface area contributed by atoms with Gasteiger partial charge in [-0.3, -0.25) is 10.1 Å². The standard InChI is InChI=1S/C14H12F4N4O2/c15-9-5-7(1-3-10(9)23)8-2-4-11-19-13(21-22(11)6-8)20-12(24)14(16,17)18/h1,3,5,8,23H,2,4,6H2,(H,20,21,24). The maximum absolute atomic E-state index is 13.5. The average Bonchev–Trinajstić information content (AvgIpc) is 2.90. The smallest absolute Gasteiger partial charge is 0.471 e. The van der Waals surface area contributed by atoms with Crippen molar-refractivity contribution in [2.24, 2.45) is 0 Å². The highest BCUT2D eigenvalue weighted by Gasteiger charge is 2.39. The molecular weight excluding hydrogens is 332 g/mol. The first-order valence-corrected chi connectivity index (χ1v) is 7.04. The van der Waals surface area contributed by atoms with E-state index in [-0.39, 0.29) is 12.5 Å². The van der Waals surface area contributed by atoms with Crippen LogP contribution in [0, 0.1) is 5.82 Å². The lowest BCUT2D eigenvalue weighted by Gasteiger charge is -2.22. The minimum Gasteiger partial charge on any atom is -0.505 e. The van der Waals surface area contributed by atoms with E-state index in [9.17, 15) is 27.5 Å². The van der Waals surface area contributed by atoms with Crippen LogP contribution in [0.4, 0.5) is 23.5 Å². The van der Waals surface area contributed by atoms with Crippen LogP contribution in [0.5, 0.6) is 5.75 Å². The zero-order valence-corrected chi connectivity index (χ0v) is 12.1. The van der Waals surface area contributed by atoms with Gasteiger partial charge in [0.25, 0.3) is 0 Å². The second-order valence-electron chi connectivity index (χ2n) is 5.43. The minimum absolute atomic E-state index is 0.125. The summed E-state index contributed by atoms with van der Waals surface area (Å²) in [6.45, 7) is 0.286. The molecule has 3 rings (SSSR count). The summed E-state index contributed by atoms with van der Waals surface area (Å²) in [4.78, 5) is 14.8. The summed E-state index contributed by atoms with van der Waals surface area (Å²) in [6.07, 6.45) is -4.00. The number of nitrogens with zero attached hydrogens (tertiary/aromatic N) is 3. The number of rotatable bonds is 2. The third-order valence-electron chi connectivity index (χ3n) is 3.78. The van der Waals surface area contributed by atoms with Crippen LogP contribution in [0.3, 0.4) is 0 Å². The van der Waals surface area contributed by atoms with E-state index < -0.39 is 29.6 Å². The molecule has 0 fully saturated rings. The summed E-state index contributed by atoms with van der Waals surface area (Å²) in [5, 5.41) is 14.7. The highest BCUT2D eigenvalue weighted by molar-refractivity contribution is 5.93. The first-order chi connectivity index (χ1) is 11.2. The quantitative estimate of drug-likeness (QED) is 0.820. The second-order valence-corrected chi connectivity index (χ2v) is 5.43. The van der Waals surface area contributed by atoms with E-state index >= 15 is 0 Å². The molecule has 2 heterocycles. The lowest BCUT2D eigenvalue weighted by molar-refractivity contribution is -0.167. The largest absolute Gasteiger partial charge is 0.505 e. The number of benzene rings is 1. The number of phenolic OH excluding ortho intramolecular Hbond substituents is 1. The highest BCUT2D eigenvalue weighted by atomic mass is 19.4. The van der Waals surface area contributed by atoms with E-state index in [0.717, 1.165) is 0 Å². The van der Waals surface area contributed by atoms with Gasteiger partial charge in [0.1, 0.15) is 5.82 Å². The van der Waals surface area contributed by atoms with Crippen molar-refractivity contribution in [1.82, 2.24) is 14.8 Å². The zero-order valence-electron chi connectivity index (χ0n) is 12.1. The SMILES string of the molecule is O=C(Nc1nc2n(n1)CC(c1ccc(O)c(F)c1)CC2)C(F)(F)F. The summed E-state index contributed by atoms with van der Waals surface area (Å²) >= 11 is 0. The predicted octanol–water partition coefficient (Wildman–Crippen LogP) is 2.35. The van der Waals surface area contributed by atoms with Gasteiger partial charge in [-0.2, -0.15) is 18.2 Å². The average molecular weight is 344 g/mol. The zero-order chi connectivity index (χ0) is 17.5. The second kappa shape index (κ2) is 5.77. The van der Waals surface area contributed by atoms with E-state index in [1.807, 2.05) is 0 Å². The van der Waals surface area contributed by atoms with Crippen molar-refractivity contribution in [3.63, 3.8) is 0 Å². The van der Waals surface area contributed by atoms with Crippen LogP contribution in [0.15, 0.2) is 18.2 Å². The maximum atomic E-state index is 13.5. The lowest BCUT2D eigenvalue weighted by Crippen LogP contribution is -2.30. The number of aromatic nitrogens is 3. The van der Waals surface area contributed by atoms with Crippen molar-refractivity contribution in [2.75, 3.05) is 5.32 Å². The van der Waals surface area contributed by atoms with Gasteiger partial charge in [-0.1, -0.05) is 6.07 Å². The number of hydrogen-bond acceptors (Lipinski definition) is 4. The highest BCUT2D eigenvalue weighted by Crippen LogP contribution is 2.30. The number of fused-ring (bicyclic) bond motifs is 1.